The standard InChI is InChI=1S/C11H16N2O5S2/c1-17-10(14)5-9-6-13(2-3-18-9)20(15,16)11-4-8(12)7-19-11/h4,7,9H,2-3,5-6,12H2,1H3. The second-order valence-corrected chi connectivity index (χ2v) is 7.41. The van der Waals surface area contributed by atoms with Crippen molar-refractivity contribution in [2.75, 3.05) is 32.5 Å². The topological polar surface area (TPSA) is 98.9 Å². The van der Waals surface area contributed by atoms with Gasteiger partial charge in [0.15, 0.2) is 0 Å². The Bertz CT molecular complexity index is 583. The van der Waals surface area contributed by atoms with Gasteiger partial charge in [-0.1, -0.05) is 0 Å². The minimum Gasteiger partial charge on any atom is -0.469 e. The molecule has 9 heteroatoms. The predicted octanol–water partition coefficient (Wildman–Crippen LogP) is 0.283. The van der Waals surface area contributed by atoms with Crippen molar-refractivity contribution in [1.82, 2.24) is 4.31 Å². The van der Waals surface area contributed by atoms with Crippen LogP contribution in [0.5, 0.6) is 0 Å². The summed E-state index contributed by atoms with van der Waals surface area (Å²) < 4.78 is 36.3. The zero-order chi connectivity index (χ0) is 14.8. The van der Waals surface area contributed by atoms with E-state index in [0.29, 0.717) is 5.69 Å². The van der Waals surface area contributed by atoms with E-state index >= 15 is 0 Å². The summed E-state index contributed by atoms with van der Waals surface area (Å²) in [5.74, 6) is -0.422. The second-order valence-electron chi connectivity index (χ2n) is 4.34. The van der Waals surface area contributed by atoms with Crippen LogP contribution in [0, 0.1) is 0 Å². The number of ether oxygens (including phenoxy) is 2. The van der Waals surface area contributed by atoms with Gasteiger partial charge in [-0.3, -0.25) is 4.79 Å². The molecule has 1 atom stereocenters. The summed E-state index contributed by atoms with van der Waals surface area (Å²) in [4.78, 5) is 11.2. The number of rotatable bonds is 4. The van der Waals surface area contributed by atoms with Crippen LogP contribution in [0.1, 0.15) is 6.42 Å². The van der Waals surface area contributed by atoms with E-state index in [-0.39, 0.29) is 30.3 Å². The number of carbonyl (C=O) groups excluding carboxylic acids is 1. The molecule has 0 aliphatic carbocycles. The van der Waals surface area contributed by atoms with Gasteiger partial charge in [-0.25, -0.2) is 8.42 Å². The van der Waals surface area contributed by atoms with Crippen LogP contribution in [-0.4, -0.2) is 51.6 Å². The van der Waals surface area contributed by atoms with Crippen molar-refractivity contribution in [1.29, 1.82) is 0 Å². The lowest BCUT2D eigenvalue weighted by Crippen LogP contribution is -2.46. The number of nitrogens with two attached hydrogens (primary N) is 1. The number of nitrogen functional groups attached to an aromatic ring is 1. The summed E-state index contributed by atoms with van der Waals surface area (Å²) in [5, 5.41) is 1.58. The minimum atomic E-state index is -3.58. The predicted molar refractivity (Wildman–Crippen MR) is 73.9 cm³/mol. The molecular weight excluding hydrogens is 304 g/mol. The van der Waals surface area contributed by atoms with Gasteiger partial charge in [-0.05, 0) is 6.07 Å². The van der Waals surface area contributed by atoms with E-state index in [2.05, 4.69) is 4.74 Å². The Morgan fingerprint density at radius 2 is 2.40 bits per heavy atom. The number of anilines is 1. The van der Waals surface area contributed by atoms with Crippen LogP contribution in [0.4, 0.5) is 5.69 Å². The van der Waals surface area contributed by atoms with Gasteiger partial charge in [0.05, 0.1) is 26.2 Å². The Kier molecular flexibility index (Phi) is 4.63. The third-order valence-corrected chi connectivity index (χ3v) is 6.21. The van der Waals surface area contributed by atoms with Gasteiger partial charge in [0.2, 0.25) is 0 Å². The fourth-order valence-electron chi connectivity index (χ4n) is 1.90. The van der Waals surface area contributed by atoms with Crippen molar-refractivity contribution in [2.24, 2.45) is 0 Å². The molecule has 1 unspecified atom stereocenters. The Morgan fingerprint density at radius 1 is 1.65 bits per heavy atom. The molecule has 1 aliphatic rings. The maximum Gasteiger partial charge on any atom is 0.308 e. The molecule has 20 heavy (non-hydrogen) atoms. The number of sulfonamides is 1. The van der Waals surface area contributed by atoms with Gasteiger partial charge in [0, 0.05) is 24.2 Å². The van der Waals surface area contributed by atoms with E-state index in [9.17, 15) is 13.2 Å². The minimum absolute atomic E-state index is 0.0368. The molecule has 1 fully saturated rings. The highest BCUT2D eigenvalue weighted by Gasteiger charge is 2.32. The van der Waals surface area contributed by atoms with Crippen molar-refractivity contribution < 1.29 is 22.7 Å². The molecule has 1 saturated heterocycles. The average molecular weight is 320 g/mol. The van der Waals surface area contributed by atoms with E-state index in [1.165, 1.54) is 17.5 Å². The Morgan fingerprint density at radius 3 is 3.00 bits per heavy atom. The molecule has 0 radical (unpaired) electrons. The fraction of sp³-hybridized carbons (Fsp3) is 0.545. The van der Waals surface area contributed by atoms with E-state index < -0.39 is 22.1 Å². The molecule has 0 bridgehead atoms. The van der Waals surface area contributed by atoms with E-state index in [1.54, 1.807) is 5.38 Å². The molecule has 1 aliphatic heterocycles. The average Bonchev–Trinajstić information content (AvgIpc) is 2.86. The summed E-state index contributed by atoms with van der Waals surface area (Å²) in [5.41, 5.74) is 5.98. The highest BCUT2D eigenvalue weighted by Crippen LogP contribution is 2.26. The summed E-state index contributed by atoms with van der Waals surface area (Å²) in [7, 11) is -2.29. The summed E-state index contributed by atoms with van der Waals surface area (Å²) in [6.45, 7) is 0.648. The summed E-state index contributed by atoms with van der Waals surface area (Å²) in [6, 6.07) is 1.44. The number of thiophene rings is 1. The van der Waals surface area contributed by atoms with Crippen LogP contribution >= 0.6 is 11.3 Å². The number of carbonyl (C=O) groups is 1. The fourth-order valence-corrected chi connectivity index (χ4v) is 4.58. The van der Waals surface area contributed by atoms with Crippen LogP contribution in [-0.2, 0) is 24.3 Å². The number of nitrogens with zero attached hydrogens (tertiary/aromatic N) is 1. The molecule has 0 spiro atoms. The molecule has 0 saturated carbocycles. The molecule has 2 N–H and O–H groups in total. The largest absolute Gasteiger partial charge is 0.469 e. The zero-order valence-electron chi connectivity index (χ0n) is 10.9. The SMILES string of the molecule is COC(=O)CC1CN(S(=O)(=O)c2cc(N)cs2)CCO1. The van der Waals surface area contributed by atoms with Crippen molar-refractivity contribution in [3.63, 3.8) is 0 Å². The van der Waals surface area contributed by atoms with Crippen LogP contribution in [0.2, 0.25) is 0 Å². The third kappa shape index (κ3) is 3.29. The highest BCUT2D eigenvalue weighted by molar-refractivity contribution is 7.91. The van der Waals surface area contributed by atoms with Gasteiger partial charge in [0.25, 0.3) is 10.0 Å². The van der Waals surface area contributed by atoms with Gasteiger partial charge < -0.3 is 15.2 Å². The number of methoxy groups -OCH3 is 1. The highest BCUT2D eigenvalue weighted by atomic mass is 32.2. The first-order valence-corrected chi connectivity index (χ1v) is 8.28. The monoisotopic (exact) mass is 320 g/mol. The van der Waals surface area contributed by atoms with E-state index in [1.807, 2.05) is 0 Å². The number of hydrogen-bond donors (Lipinski definition) is 1. The van der Waals surface area contributed by atoms with E-state index in [0.717, 1.165) is 11.3 Å². The van der Waals surface area contributed by atoms with Crippen molar-refractivity contribution in [3.8, 4) is 0 Å². The summed E-state index contributed by atoms with van der Waals surface area (Å²) >= 11 is 1.08. The third-order valence-electron chi connectivity index (χ3n) is 2.91. The Hall–Kier alpha value is -1.16. The molecule has 0 amide bonds. The first kappa shape index (κ1) is 15.2. The Labute approximate surface area is 121 Å². The quantitative estimate of drug-likeness (QED) is 0.800. The lowest BCUT2D eigenvalue weighted by Gasteiger charge is -2.31. The summed E-state index contributed by atoms with van der Waals surface area (Å²) in [6.07, 6.45) is -0.446. The lowest BCUT2D eigenvalue weighted by atomic mass is 10.2. The van der Waals surface area contributed by atoms with Gasteiger partial charge in [0.1, 0.15) is 4.21 Å². The van der Waals surface area contributed by atoms with Crippen LogP contribution in [0.15, 0.2) is 15.7 Å². The number of hydrogen-bond acceptors (Lipinski definition) is 7. The molecule has 7 nitrogen and oxygen atoms in total. The maximum atomic E-state index is 12.4. The van der Waals surface area contributed by atoms with Crippen molar-refractivity contribution in [3.05, 3.63) is 11.4 Å². The normalized spacial score (nSPS) is 20.8. The zero-order valence-corrected chi connectivity index (χ0v) is 12.6. The molecular formula is C11H16N2O5S2. The van der Waals surface area contributed by atoms with Crippen LogP contribution in [0.3, 0.4) is 0 Å². The van der Waals surface area contributed by atoms with Crippen LogP contribution < -0.4 is 5.73 Å². The molecule has 0 aromatic carbocycles. The van der Waals surface area contributed by atoms with Gasteiger partial charge in [-0.15, -0.1) is 11.3 Å². The van der Waals surface area contributed by atoms with Gasteiger partial charge in [-0.2, -0.15) is 4.31 Å². The number of morpholine rings is 1. The number of esters is 1. The Balaban J connectivity index is 2.10. The second kappa shape index (κ2) is 6.08. The molecule has 2 rings (SSSR count). The molecule has 1 aromatic rings. The molecule has 112 valence electrons. The first-order valence-electron chi connectivity index (χ1n) is 5.96. The van der Waals surface area contributed by atoms with Crippen molar-refractivity contribution in [2.45, 2.75) is 16.7 Å². The van der Waals surface area contributed by atoms with Gasteiger partial charge >= 0.3 is 5.97 Å². The van der Waals surface area contributed by atoms with Crippen LogP contribution in [0.25, 0.3) is 0 Å². The smallest absolute Gasteiger partial charge is 0.308 e. The first-order chi connectivity index (χ1) is 9.43. The van der Waals surface area contributed by atoms with E-state index in [4.69, 9.17) is 10.5 Å². The molecule has 2 heterocycles. The molecule has 1 aromatic heterocycles. The lowest BCUT2D eigenvalue weighted by molar-refractivity contribution is -0.145. The maximum absolute atomic E-state index is 12.4. The van der Waals surface area contributed by atoms with Crippen molar-refractivity contribution >= 4 is 33.0 Å².